The van der Waals surface area contributed by atoms with Crippen LogP contribution in [0.3, 0.4) is 0 Å². The third-order valence-corrected chi connectivity index (χ3v) is 5.16. The van der Waals surface area contributed by atoms with Crippen molar-refractivity contribution in [1.82, 2.24) is 24.6 Å². The summed E-state index contributed by atoms with van der Waals surface area (Å²) in [4.78, 5) is 22.1. The van der Waals surface area contributed by atoms with E-state index in [-0.39, 0.29) is 30.1 Å². The molecule has 0 saturated carbocycles. The van der Waals surface area contributed by atoms with Crippen molar-refractivity contribution in [2.75, 3.05) is 25.4 Å². The summed E-state index contributed by atoms with van der Waals surface area (Å²) in [6.07, 6.45) is 4.28. The maximum Gasteiger partial charge on any atom is 0.246 e. The molecule has 0 radical (unpaired) electrons. The first-order valence-electron chi connectivity index (χ1n) is 9.94. The number of benzene rings is 1. The second-order valence-corrected chi connectivity index (χ2v) is 7.20. The van der Waals surface area contributed by atoms with E-state index in [0.29, 0.717) is 29.8 Å². The molecule has 1 fully saturated rings. The van der Waals surface area contributed by atoms with Crippen molar-refractivity contribution >= 4 is 22.8 Å². The smallest absolute Gasteiger partial charge is 0.246 e. The van der Waals surface area contributed by atoms with Gasteiger partial charge in [-0.2, -0.15) is 5.10 Å². The second-order valence-electron chi connectivity index (χ2n) is 7.20. The lowest BCUT2D eigenvalue weighted by Crippen LogP contribution is -2.40. The summed E-state index contributed by atoms with van der Waals surface area (Å²) in [6, 6.07) is 3.15. The molecule has 0 bridgehead atoms. The Bertz CT molecular complexity index is 1250. The molecule has 32 heavy (non-hydrogen) atoms. The van der Waals surface area contributed by atoms with E-state index in [4.69, 9.17) is 10.5 Å². The van der Waals surface area contributed by atoms with Crippen molar-refractivity contribution in [2.45, 2.75) is 18.9 Å². The number of likely N-dealkylation sites (tertiary alicyclic amines) is 1. The van der Waals surface area contributed by atoms with E-state index in [0.717, 1.165) is 25.0 Å². The number of hydrogen-bond acceptors (Lipinski definition) is 6. The van der Waals surface area contributed by atoms with Crippen molar-refractivity contribution in [3.63, 3.8) is 0 Å². The number of halogens is 2. The first-order valence-corrected chi connectivity index (χ1v) is 9.94. The number of nitrogens with two attached hydrogens (primary N) is 1. The zero-order valence-corrected chi connectivity index (χ0v) is 17.1. The quantitative estimate of drug-likeness (QED) is 0.496. The van der Waals surface area contributed by atoms with Crippen LogP contribution in [0.5, 0.6) is 5.75 Å². The number of carbonyl (C=O) groups is 1. The van der Waals surface area contributed by atoms with E-state index in [1.165, 1.54) is 18.5 Å². The van der Waals surface area contributed by atoms with Crippen LogP contribution in [0.2, 0.25) is 0 Å². The number of nitrogen functional groups attached to an aromatic ring is 1. The predicted molar refractivity (Wildman–Crippen MR) is 114 cm³/mol. The number of ether oxygens (including phenoxy) is 1. The molecular weight excluding hydrogens is 418 g/mol. The molecule has 3 heterocycles. The monoisotopic (exact) mass is 438 g/mol. The van der Waals surface area contributed by atoms with Crippen LogP contribution in [-0.4, -0.2) is 50.3 Å². The van der Waals surface area contributed by atoms with Gasteiger partial charge in [-0.05, 0) is 37.0 Å². The van der Waals surface area contributed by atoms with Crippen molar-refractivity contribution in [2.24, 2.45) is 0 Å². The summed E-state index contributed by atoms with van der Waals surface area (Å²) in [5.41, 5.74) is 6.97. The molecular formula is C22H20F2N6O2. The molecule has 3 aromatic rings. The van der Waals surface area contributed by atoms with Crippen LogP contribution in [0.1, 0.15) is 24.6 Å². The Hall–Kier alpha value is -4.00. The maximum atomic E-state index is 13.3. The summed E-state index contributed by atoms with van der Waals surface area (Å²) in [5.74, 6) is 4.02. The number of anilines is 1. The van der Waals surface area contributed by atoms with Crippen molar-refractivity contribution in [1.29, 1.82) is 0 Å². The maximum absolute atomic E-state index is 13.3. The fourth-order valence-corrected chi connectivity index (χ4v) is 3.63. The summed E-state index contributed by atoms with van der Waals surface area (Å²) in [6.45, 7) is 4.61. The number of aromatic nitrogens is 4. The normalized spacial score (nSPS) is 15.8. The molecule has 1 amide bonds. The molecule has 1 saturated heterocycles. The van der Waals surface area contributed by atoms with Gasteiger partial charge in [0.05, 0.1) is 11.4 Å². The third kappa shape index (κ3) is 4.23. The zero-order chi connectivity index (χ0) is 22.7. The Labute approximate surface area is 182 Å². The molecule has 2 N–H and O–H groups in total. The Kier molecular flexibility index (Phi) is 5.98. The van der Waals surface area contributed by atoms with Crippen LogP contribution >= 0.6 is 0 Å². The van der Waals surface area contributed by atoms with Gasteiger partial charge in [-0.1, -0.05) is 12.5 Å². The van der Waals surface area contributed by atoms with Gasteiger partial charge in [0, 0.05) is 19.2 Å². The average Bonchev–Trinajstić information content (AvgIpc) is 3.18. The lowest BCUT2D eigenvalue weighted by Gasteiger charge is -2.32. The Morgan fingerprint density at radius 3 is 2.97 bits per heavy atom. The largest absolute Gasteiger partial charge is 0.481 e. The fraction of sp³-hybridized carbons (Fsp3) is 0.273. The van der Waals surface area contributed by atoms with Crippen LogP contribution in [0.4, 0.5) is 14.6 Å². The summed E-state index contributed by atoms with van der Waals surface area (Å²) in [7, 11) is 0. The number of hydrogen-bond donors (Lipinski definition) is 1. The van der Waals surface area contributed by atoms with Crippen molar-refractivity contribution < 1.29 is 18.3 Å². The minimum Gasteiger partial charge on any atom is -0.481 e. The van der Waals surface area contributed by atoms with Gasteiger partial charge in [0.2, 0.25) is 5.91 Å². The molecule has 164 valence electrons. The Morgan fingerprint density at radius 2 is 2.19 bits per heavy atom. The number of rotatable bonds is 4. The SMILES string of the molecule is C=CC(=O)N1CCC[C@@H](n2nc(C#CCOc3ccc(F)c(F)c3)c3c(N)ncnc32)C1. The van der Waals surface area contributed by atoms with E-state index in [1.807, 2.05) is 0 Å². The van der Waals surface area contributed by atoms with Gasteiger partial charge in [-0.25, -0.2) is 23.4 Å². The van der Waals surface area contributed by atoms with Crippen LogP contribution in [0.25, 0.3) is 11.0 Å². The molecule has 1 aromatic carbocycles. The van der Waals surface area contributed by atoms with Crippen molar-refractivity contribution in [3.8, 4) is 17.6 Å². The average molecular weight is 438 g/mol. The molecule has 0 unspecified atom stereocenters. The van der Waals surface area contributed by atoms with E-state index in [1.54, 1.807) is 9.58 Å². The Morgan fingerprint density at radius 1 is 1.34 bits per heavy atom. The van der Waals surface area contributed by atoms with Gasteiger partial charge in [0.1, 0.15) is 30.2 Å². The lowest BCUT2D eigenvalue weighted by molar-refractivity contribution is -0.127. The second kappa shape index (κ2) is 9.01. The highest BCUT2D eigenvalue weighted by atomic mass is 19.2. The predicted octanol–water partition coefficient (Wildman–Crippen LogP) is 2.47. The fourth-order valence-electron chi connectivity index (χ4n) is 3.63. The molecule has 0 spiro atoms. The van der Waals surface area contributed by atoms with E-state index in [9.17, 15) is 13.6 Å². The minimum atomic E-state index is -0.999. The number of amides is 1. The number of nitrogens with zero attached hydrogens (tertiary/aromatic N) is 5. The number of fused-ring (bicyclic) bond motifs is 1. The van der Waals surface area contributed by atoms with Crippen LogP contribution in [0.15, 0.2) is 37.2 Å². The van der Waals surface area contributed by atoms with Gasteiger partial charge in [0.25, 0.3) is 0 Å². The first-order chi connectivity index (χ1) is 15.5. The summed E-state index contributed by atoms with van der Waals surface area (Å²) >= 11 is 0. The summed E-state index contributed by atoms with van der Waals surface area (Å²) < 4.78 is 33.4. The molecule has 0 aliphatic carbocycles. The topological polar surface area (TPSA) is 99.2 Å². The van der Waals surface area contributed by atoms with Gasteiger partial charge in [-0.3, -0.25) is 4.79 Å². The molecule has 1 atom stereocenters. The zero-order valence-electron chi connectivity index (χ0n) is 17.1. The molecule has 8 nitrogen and oxygen atoms in total. The number of carbonyl (C=O) groups excluding carboxylic acids is 1. The van der Waals surface area contributed by atoms with Crippen LogP contribution in [0, 0.1) is 23.5 Å². The third-order valence-electron chi connectivity index (χ3n) is 5.16. The molecule has 4 rings (SSSR count). The van der Waals surface area contributed by atoms with Crippen LogP contribution in [-0.2, 0) is 4.79 Å². The van der Waals surface area contributed by atoms with Gasteiger partial charge in [-0.15, -0.1) is 0 Å². The highest BCUT2D eigenvalue weighted by Gasteiger charge is 2.27. The number of piperidine rings is 1. The Balaban J connectivity index is 1.59. The molecule has 1 aliphatic rings. The van der Waals surface area contributed by atoms with E-state index < -0.39 is 11.6 Å². The van der Waals surface area contributed by atoms with Gasteiger partial charge in [0.15, 0.2) is 17.3 Å². The van der Waals surface area contributed by atoms with Gasteiger partial charge < -0.3 is 15.4 Å². The van der Waals surface area contributed by atoms with E-state index in [2.05, 4.69) is 33.5 Å². The highest BCUT2D eigenvalue weighted by molar-refractivity contribution is 5.90. The molecule has 1 aliphatic heterocycles. The minimum absolute atomic E-state index is 0.0714. The molecule has 10 heteroatoms. The van der Waals surface area contributed by atoms with Crippen molar-refractivity contribution in [3.05, 3.63) is 54.5 Å². The summed E-state index contributed by atoms with van der Waals surface area (Å²) in [5, 5.41) is 5.11. The highest BCUT2D eigenvalue weighted by Crippen LogP contribution is 2.28. The first kappa shape index (κ1) is 21.2. The van der Waals surface area contributed by atoms with Gasteiger partial charge >= 0.3 is 0 Å². The lowest BCUT2D eigenvalue weighted by atomic mass is 10.1. The van der Waals surface area contributed by atoms with Crippen LogP contribution < -0.4 is 10.5 Å². The molecule has 2 aromatic heterocycles. The van der Waals surface area contributed by atoms with E-state index >= 15 is 0 Å². The standard InChI is InChI=1S/C22H20F2N6O2/c1-2-19(31)29-9-3-5-14(12-29)30-22-20(21(25)26-13-27-22)18(28-30)6-4-10-32-15-7-8-16(23)17(24)11-15/h2,7-8,11,13-14H,1,3,5,9-10,12H2,(H2,25,26,27)/t14-/m1/s1.